The molecule has 17 heteroatoms. The van der Waals surface area contributed by atoms with Gasteiger partial charge in [0, 0.05) is 12.1 Å². The maximum atomic E-state index is 15.0. The van der Waals surface area contributed by atoms with E-state index in [0.717, 1.165) is 16.7 Å². The van der Waals surface area contributed by atoms with E-state index in [1.165, 1.54) is 6.33 Å². The summed E-state index contributed by atoms with van der Waals surface area (Å²) >= 11 is 0. The van der Waals surface area contributed by atoms with Gasteiger partial charge < -0.3 is 38.2 Å². The normalized spacial score (nSPS) is 19.0. The van der Waals surface area contributed by atoms with Gasteiger partial charge in [-0.1, -0.05) is 75.4 Å². The van der Waals surface area contributed by atoms with Crippen LogP contribution in [0.4, 0.5) is 10.2 Å². The molecule has 63 heavy (non-hydrogen) atoms. The lowest BCUT2D eigenvalue weighted by Crippen LogP contribution is -2.50. The molecule has 1 aliphatic rings. The molecule has 0 aliphatic carbocycles. The number of fused-ring (bicyclic) bond motifs is 1. The quantitative estimate of drug-likeness (QED) is 0.0275. The van der Waals surface area contributed by atoms with Crippen molar-refractivity contribution in [2.45, 2.75) is 115 Å². The SMILES string of the molecule is COc1ccc(C(OC[C@H]2O[C@@H](n3cnc4c(N)nc(F)nc43)C(O[Si](C)(C)C(C)(C)C)C2OP(OCCC#N)N(C(C)C)C(C)C)(c2ccccc2)c2ccc(OC)cc2)cc1. The Kier molecular flexibility index (Phi) is 15.3. The summed E-state index contributed by atoms with van der Waals surface area (Å²) in [5.74, 6) is 1.28. The number of ether oxygens (including phenoxy) is 4. The van der Waals surface area contributed by atoms with Gasteiger partial charge in [-0.25, -0.2) is 9.65 Å². The Balaban J connectivity index is 1.57. The van der Waals surface area contributed by atoms with Crippen molar-refractivity contribution >= 4 is 33.8 Å². The maximum Gasteiger partial charge on any atom is 0.312 e. The van der Waals surface area contributed by atoms with Crippen molar-refractivity contribution in [3.05, 3.63) is 108 Å². The zero-order valence-electron chi connectivity index (χ0n) is 38.1. The van der Waals surface area contributed by atoms with Crippen molar-refractivity contribution in [3.8, 4) is 17.6 Å². The van der Waals surface area contributed by atoms with Crippen LogP contribution in [0.1, 0.15) is 77.8 Å². The summed E-state index contributed by atoms with van der Waals surface area (Å²) in [5.41, 5.74) is 7.87. The number of anilines is 1. The molecule has 1 saturated heterocycles. The second kappa shape index (κ2) is 20.1. The average Bonchev–Trinajstić information content (AvgIpc) is 3.81. The number of nitrogen functional groups attached to an aromatic ring is 1. The standard InChI is InChI=1S/C46H61FN7O7PSi/c1-30(2)54(31(3)4)62(58-27-15-26-48)60-39-37(59-43(40(39)61-63(10,11)45(5,6)7)53-29-50-38-41(49)51-44(47)52-42(38)53)28-57-46(32-16-13-12-14-17-32,33-18-22-35(55-8)23-19-33)34-20-24-36(56-9)25-21-34/h12-14,16-25,29-31,37,39-40,43H,15,27-28H2,1-11H3,(H2,49,51,52)/t37-,39?,40?,43-,62?/m1/s1. The Morgan fingerprint density at radius 1 is 0.889 bits per heavy atom. The second-order valence-corrected chi connectivity index (χ2v) is 23.7. The molecular formula is C46H61FN7O7PSi. The molecule has 1 aliphatic heterocycles. The van der Waals surface area contributed by atoms with E-state index in [4.69, 9.17) is 38.2 Å². The van der Waals surface area contributed by atoms with E-state index in [1.54, 1.807) is 18.8 Å². The summed E-state index contributed by atoms with van der Waals surface area (Å²) in [5, 5.41) is 9.32. The Morgan fingerprint density at radius 3 is 1.98 bits per heavy atom. The van der Waals surface area contributed by atoms with Gasteiger partial charge in [0.15, 0.2) is 31.5 Å². The van der Waals surface area contributed by atoms with E-state index in [1.807, 2.05) is 78.9 Å². The molecule has 3 unspecified atom stereocenters. The van der Waals surface area contributed by atoms with Crippen LogP contribution in [-0.4, -0.2) is 90.3 Å². The largest absolute Gasteiger partial charge is 0.497 e. The zero-order chi connectivity index (χ0) is 45.7. The van der Waals surface area contributed by atoms with E-state index in [-0.39, 0.29) is 53.7 Å². The first-order valence-corrected chi connectivity index (χ1v) is 25.2. The molecule has 1 fully saturated rings. The third-order valence-electron chi connectivity index (χ3n) is 11.7. The predicted molar refractivity (Wildman–Crippen MR) is 244 cm³/mol. The third-order valence-corrected chi connectivity index (χ3v) is 18.3. The fourth-order valence-corrected chi connectivity index (χ4v) is 10.7. The molecule has 0 bridgehead atoms. The highest BCUT2D eigenvalue weighted by Crippen LogP contribution is 2.53. The maximum absolute atomic E-state index is 15.0. The Labute approximate surface area is 372 Å². The number of rotatable bonds is 19. The second-order valence-electron chi connectivity index (χ2n) is 17.5. The third kappa shape index (κ3) is 10.2. The summed E-state index contributed by atoms with van der Waals surface area (Å²) in [4.78, 5) is 12.4. The number of nitriles is 1. The van der Waals surface area contributed by atoms with Crippen molar-refractivity contribution in [1.82, 2.24) is 24.2 Å². The van der Waals surface area contributed by atoms with Gasteiger partial charge >= 0.3 is 6.08 Å². The molecule has 14 nitrogen and oxygen atoms in total. The molecule has 0 saturated carbocycles. The number of halogens is 1. The predicted octanol–water partition coefficient (Wildman–Crippen LogP) is 9.52. The van der Waals surface area contributed by atoms with E-state index >= 15 is 0 Å². The van der Waals surface area contributed by atoms with Gasteiger partial charge in [0.05, 0.1) is 46.3 Å². The smallest absolute Gasteiger partial charge is 0.312 e. The number of methoxy groups -OCH3 is 2. The van der Waals surface area contributed by atoms with Crippen molar-refractivity contribution in [2.75, 3.05) is 33.2 Å². The molecular weight excluding hydrogens is 841 g/mol. The fourth-order valence-electron chi connectivity index (χ4n) is 7.61. The van der Waals surface area contributed by atoms with Gasteiger partial charge in [-0.3, -0.25) is 4.57 Å². The fraction of sp³-hybridized carbons (Fsp3) is 0.478. The Morgan fingerprint density at radius 2 is 1.46 bits per heavy atom. The highest BCUT2D eigenvalue weighted by atomic mass is 31.2. The first-order valence-electron chi connectivity index (χ1n) is 21.2. The first-order chi connectivity index (χ1) is 29.9. The van der Waals surface area contributed by atoms with Crippen molar-refractivity contribution in [2.24, 2.45) is 0 Å². The minimum atomic E-state index is -2.65. The molecule has 0 radical (unpaired) electrons. The van der Waals surface area contributed by atoms with Crippen LogP contribution in [0.15, 0.2) is 85.2 Å². The lowest BCUT2D eigenvalue weighted by molar-refractivity contribution is -0.0926. The van der Waals surface area contributed by atoms with Gasteiger partial charge in [-0.05, 0) is 86.8 Å². The zero-order valence-corrected chi connectivity index (χ0v) is 40.0. The van der Waals surface area contributed by atoms with Crippen LogP contribution in [0, 0.1) is 17.4 Å². The molecule has 3 aromatic carbocycles. The van der Waals surface area contributed by atoms with E-state index in [2.05, 4.69) is 87.3 Å². The van der Waals surface area contributed by atoms with Crippen molar-refractivity contribution in [3.63, 3.8) is 0 Å². The first kappa shape index (κ1) is 47.9. The Hall–Kier alpha value is -4.56. The molecule has 0 amide bonds. The van der Waals surface area contributed by atoms with Crippen LogP contribution in [0.25, 0.3) is 11.2 Å². The number of hydrogen-bond donors (Lipinski definition) is 1. The highest BCUT2D eigenvalue weighted by molar-refractivity contribution is 7.44. The number of nitrogens with two attached hydrogens (primary N) is 1. The van der Waals surface area contributed by atoms with E-state index in [9.17, 15) is 9.65 Å². The number of imidazole rings is 1. The summed E-state index contributed by atoms with van der Waals surface area (Å²) in [7, 11) is -1.22. The van der Waals surface area contributed by atoms with Gasteiger partial charge in [0.1, 0.15) is 35.4 Å². The monoisotopic (exact) mass is 901 g/mol. The summed E-state index contributed by atoms with van der Waals surface area (Å²) in [6.45, 7) is 19.2. The van der Waals surface area contributed by atoms with Crippen LogP contribution in [-0.2, 0) is 28.5 Å². The molecule has 5 atom stereocenters. The number of nitrogens with zero attached hydrogens (tertiary/aromatic N) is 6. The van der Waals surface area contributed by atoms with Gasteiger partial charge in [0.25, 0.3) is 8.53 Å². The summed E-state index contributed by atoms with van der Waals surface area (Å²) < 4.78 is 65.8. The van der Waals surface area contributed by atoms with Crippen LogP contribution in [0.3, 0.4) is 0 Å². The summed E-state index contributed by atoms with van der Waals surface area (Å²) in [6, 6.07) is 27.8. The minimum absolute atomic E-state index is 0.00175. The lowest BCUT2D eigenvalue weighted by atomic mass is 9.80. The molecule has 2 aromatic heterocycles. The van der Waals surface area contributed by atoms with Gasteiger partial charge in [-0.2, -0.15) is 19.6 Å². The molecule has 0 spiro atoms. The molecule has 3 heterocycles. The molecule has 5 aromatic rings. The van der Waals surface area contributed by atoms with Crippen molar-refractivity contribution < 1.29 is 36.8 Å². The summed E-state index contributed by atoms with van der Waals surface area (Å²) in [6.07, 6.45) is -2.77. The topological polar surface area (TPSA) is 161 Å². The van der Waals surface area contributed by atoms with Crippen LogP contribution >= 0.6 is 8.53 Å². The Bertz CT molecular complexity index is 2250. The van der Waals surface area contributed by atoms with E-state index in [0.29, 0.717) is 11.5 Å². The van der Waals surface area contributed by atoms with Crippen LogP contribution in [0.5, 0.6) is 11.5 Å². The van der Waals surface area contributed by atoms with Crippen molar-refractivity contribution in [1.29, 1.82) is 5.26 Å². The van der Waals surface area contributed by atoms with E-state index < -0.39 is 53.1 Å². The van der Waals surface area contributed by atoms with Gasteiger partial charge in [-0.15, -0.1) is 0 Å². The number of hydrogen-bond acceptors (Lipinski definition) is 13. The molecule has 2 N–H and O–H groups in total. The highest BCUT2D eigenvalue weighted by Gasteiger charge is 2.54. The van der Waals surface area contributed by atoms with Gasteiger partial charge in [0.2, 0.25) is 0 Å². The lowest BCUT2D eigenvalue weighted by Gasteiger charge is -2.42. The minimum Gasteiger partial charge on any atom is -0.497 e. The molecule has 6 rings (SSSR count). The number of benzene rings is 3. The molecule has 338 valence electrons. The number of aromatic nitrogens is 4. The van der Waals surface area contributed by atoms with Crippen LogP contribution < -0.4 is 15.2 Å². The van der Waals surface area contributed by atoms with Crippen LogP contribution in [0.2, 0.25) is 18.1 Å². The average molecular weight is 902 g/mol.